The molecule has 6 nitrogen and oxygen atoms in total. The van der Waals surface area contributed by atoms with Crippen LogP contribution in [0.5, 0.6) is 0 Å². The summed E-state index contributed by atoms with van der Waals surface area (Å²) in [5.74, 6) is 1.04. The number of rotatable bonds is 7. The maximum Gasteiger partial charge on any atom is 0.276 e. The number of furan rings is 1. The largest absolute Gasteiger partial charge is 0.460 e. The van der Waals surface area contributed by atoms with Gasteiger partial charge >= 0.3 is 0 Å². The molecule has 0 aliphatic heterocycles. The fraction of sp³-hybridized carbons (Fsp3) is 0.280. The second-order valence-corrected chi connectivity index (χ2v) is 9.21. The number of anilines is 1. The standard InChI is InChI=1S/C25H27BrN4O2/c1-15(2)23-12-18-10-20(26)11-19(24(18)32-23)14-30-16(3)9-22(29-30)25(31)28-21-7-5-17(6-8-21)13-27-4/h5-12,15,27H,13-14H2,1-4H3,(H,28,31). The molecular weight excluding hydrogens is 468 g/mol. The van der Waals surface area contributed by atoms with E-state index in [1.54, 1.807) is 0 Å². The molecule has 7 heteroatoms. The normalized spacial score (nSPS) is 11.4. The van der Waals surface area contributed by atoms with Gasteiger partial charge in [0, 0.05) is 39.3 Å². The Hall–Kier alpha value is -2.90. The molecule has 0 fully saturated rings. The van der Waals surface area contributed by atoms with Crippen molar-refractivity contribution in [1.29, 1.82) is 0 Å². The third-order valence-electron chi connectivity index (χ3n) is 5.37. The molecule has 0 spiro atoms. The van der Waals surface area contributed by atoms with Crippen molar-refractivity contribution >= 4 is 38.5 Å². The van der Waals surface area contributed by atoms with Crippen molar-refractivity contribution in [2.24, 2.45) is 0 Å². The lowest BCUT2D eigenvalue weighted by Crippen LogP contribution is -2.14. The average Bonchev–Trinajstić information content (AvgIpc) is 3.34. The number of nitrogens with one attached hydrogen (secondary N) is 2. The third-order valence-corrected chi connectivity index (χ3v) is 5.83. The first-order valence-corrected chi connectivity index (χ1v) is 11.4. The summed E-state index contributed by atoms with van der Waals surface area (Å²) in [5.41, 5.74) is 5.06. The molecule has 0 radical (unpaired) electrons. The summed E-state index contributed by atoms with van der Waals surface area (Å²) >= 11 is 3.60. The summed E-state index contributed by atoms with van der Waals surface area (Å²) in [6.45, 7) is 7.48. The van der Waals surface area contributed by atoms with Crippen LogP contribution in [0, 0.1) is 6.92 Å². The minimum absolute atomic E-state index is 0.229. The number of carbonyl (C=O) groups excluding carboxylic acids is 1. The van der Waals surface area contributed by atoms with Gasteiger partial charge in [-0.1, -0.05) is 41.9 Å². The van der Waals surface area contributed by atoms with Crippen LogP contribution in [0.15, 0.2) is 57.4 Å². The topological polar surface area (TPSA) is 72.1 Å². The highest BCUT2D eigenvalue weighted by molar-refractivity contribution is 9.10. The fourth-order valence-electron chi connectivity index (χ4n) is 3.66. The molecule has 4 aromatic rings. The minimum Gasteiger partial charge on any atom is -0.460 e. The molecule has 2 aromatic heterocycles. The highest BCUT2D eigenvalue weighted by atomic mass is 79.9. The first-order valence-electron chi connectivity index (χ1n) is 10.6. The summed E-state index contributed by atoms with van der Waals surface area (Å²) in [6.07, 6.45) is 0. The predicted molar refractivity (Wildman–Crippen MR) is 131 cm³/mol. The van der Waals surface area contributed by atoms with Gasteiger partial charge in [0.15, 0.2) is 5.69 Å². The van der Waals surface area contributed by atoms with Crippen molar-refractivity contribution in [2.45, 2.75) is 39.8 Å². The highest BCUT2D eigenvalue weighted by Crippen LogP contribution is 2.31. The van der Waals surface area contributed by atoms with Crippen molar-refractivity contribution < 1.29 is 9.21 Å². The first kappa shape index (κ1) is 22.3. The Morgan fingerprint density at radius 1 is 1.16 bits per heavy atom. The van der Waals surface area contributed by atoms with E-state index in [0.29, 0.717) is 18.2 Å². The van der Waals surface area contributed by atoms with E-state index in [1.165, 1.54) is 0 Å². The Bertz CT molecular complexity index is 1260. The summed E-state index contributed by atoms with van der Waals surface area (Å²) in [4.78, 5) is 12.8. The van der Waals surface area contributed by atoms with E-state index in [2.05, 4.69) is 57.6 Å². The van der Waals surface area contributed by atoms with Crippen LogP contribution in [0.2, 0.25) is 0 Å². The predicted octanol–water partition coefficient (Wildman–Crippen LogP) is 5.84. The number of halogens is 1. The molecule has 0 saturated carbocycles. The molecule has 0 aliphatic rings. The number of aryl methyl sites for hydroxylation is 1. The maximum atomic E-state index is 12.8. The summed E-state index contributed by atoms with van der Waals surface area (Å²) < 4.78 is 8.97. The second kappa shape index (κ2) is 9.30. The van der Waals surface area contributed by atoms with Gasteiger partial charge in [-0.15, -0.1) is 0 Å². The molecule has 166 valence electrons. The van der Waals surface area contributed by atoms with Crippen LogP contribution < -0.4 is 10.6 Å². The Balaban J connectivity index is 1.55. The smallest absolute Gasteiger partial charge is 0.276 e. The molecular formula is C25H27BrN4O2. The number of hydrogen-bond acceptors (Lipinski definition) is 4. The number of fused-ring (bicyclic) bond motifs is 1. The number of carbonyl (C=O) groups is 1. The molecule has 32 heavy (non-hydrogen) atoms. The Morgan fingerprint density at radius 2 is 1.91 bits per heavy atom. The Kier molecular flexibility index (Phi) is 6.48. The second-order valence-electron chi connectivity index (χ2n) is 8.30. The SMILES string of the molecule is CNCc1ccc(NC(=O)c2cc(C)n(Cc3cc(Br)cc4cc(C(C)C)oc34)n2)cc1. The number of benzene rings is 2. The number of amides is 1. The molecule has 2 heterocycles. The molecule has 2 N–H and O–H groups in total. The van der Waals surface area contributed by atoms with Crippen LogP contribution in [0.4, 0.5) is 5.69 Å². The monoisotopic (exact) mass is 494 g/mol. The van der Waals surface area contributed by atoms with Crippen molar-refractivity contribution in [3.63, 3.8) is 0 Å². The number of hydrogen-bond donors (Lipinski definition) is 2. The van der Waals surface area contributed by atoms with Crippen LogP contribution in [0.1, 0.15) is 52.8 Å². The number of nitrogens with zero attached hydrogens (tertiary/aromatic N) is 2. The van der Waals surface area contributed by atoms with Gasteiger partial charge in [-0.25, -0.2) is 0 Å². The molecule has 0 aliphatic carbocycles. The van der Waals surface area contributed by atoms with E-state index in [9.17, 15) is 4.79 Å². The highest BCUT2D eigenvalue weighted by Gasteiger charge is 2.16. The van der Waals surface area contributed by atoms with E-state index < -0.39 is 0 Å². The average molecular weight is 495 g/mol. The maximum absolute atomic E-state index is 12.8. The van der Waals surface area contributed by atoms with Crippen LogP contribution >= 0.6 is 15.9 Å². The van der Waals surface area contributed by atoms with E-state index in [-0.39, 0.29) is 5.91 Å². The van der Waals surface area contributed by atoms with Gasteiger partial charge in [0.05, 0.1) is 6.54 Å². The number of aromatic nitrogens is 2. The molecule has 0 atom stereocenters. The van der Waals surface area contributed by atoms with Gasteiger partial charge in [-0.3, -0.25) is 9.48 Å². The quantitative estimate of drug-likeness (QED) is 0.338. The Morgan fingerprint density at radius 3 is 2.59 bits per heavy atom. The minimum atomic E-state index is -0.229. The molecule has 0 unspecified atom stereocenters. The molecule has 0 bridgehead atoms. The zero-order valence-electron chi connectivity index (χ0n) is 18.7. The summed E-state index contributed by atoms with van der Waals surface area (Å²) in [5, 5.41) is 11.7. The van der Waals surface area contributed by atoms with Gasteiger partial charge < -0.3 is 15.1 Å². The zero-order valence-corrected chi connectivity index (χ0v) is 20.3. The van der Waals surface area contributed by atoms with Crippen LogP contribution in [-0.2, 0) is 13.1 Å². The van der Waals surface area contributed by atoms with Gasteiger partial charge in [-0.2, -0.15) is 5.10 Å². The lowest BCUT2D eigenvalue weighted by atomic mass is 10.1. The zero-order chi connectivity index (χ0) is 22.8. The van der Waals surface area contributed by atoms with E-state index >= 15 is 0 Å². The first-order chi connectivity index (χ1) is 15.3. The van der Waals surface area contributed by atoms with Gasteiger partial charge in [0.1, 0.15) is 11.3 Å². The molecule has 0 saturated heterocycles. The van der Waals surface area contributed by atoms with Crippen molar-refractivity contribution in [3.05, 3.63) is 81.3 Å². The van der Waals surface area contributed by atoms with Gasteiger partial charge in [-0.05, 0) is 55.9 Å². The van der Waals surface area contributed by atoms with Crippen molar-refractivity contribution in [1.82, 2.24) is 15.1 Å². The third kappa shape index (κ3) is 4.79. The summed E-state index contributed by atoms with van der Waals surface area (Å²) in [7, 11) is 1.91. The Labute approximate surface area is 196 Å². The van der Waals surface area contributed by atoms with Crippen molar-refractivity contribution in [3.8, 4) is 0 Å². The summed E-state index contributed by atoms with van der Waals surface area (Å²) in [6, 6.07) is 15.8. The van der Waals surface area contributed by atoms with Gasteiger partial charge in [0.25, 0.3) is 5.91 Å². The van der Waals surface area contributed by atoms with E-state index in [4.69, 9.17) is 4.42 Å². The van der Waals surface area contributed by atoms with Crippen LogP contribution in [0.25, 0.3) is 11.0 Å². The van der Waals surface area contributed by atoms with Gasteiger partial charge in [0.2, 0.25) is 0 Å². The van der Waals surface area contributed by atoms with Crippen LogP contribution in [0.3, 0.4) is 0 Å². The molecule has 2 aromatic carbocycles. The lowest BCUT2D eigenvalue weighted by Gasteiger charge is -2.07. The lowest BCUT2D eigenvalue weighted by molar-refractivity contribution is 0.102. The molecule has 1 amide bonds. The van der Waals surface area contributed by atoms with Crippen LogP contribution in [-0.4, -0.2) is 22.7 Å². The van der Waals surface area contributed by atoms with E-state index in [1.807, 2.05) is 55.1 Å². The molecule has 4 rings (SSSR count). The fourth-order valence-corrected chi connectivity index (χ4v) is 4.18. The van der Waals surface area contributed by atoms with Crippen molar-refractivity contribution in [2.75, 3.05) is 12.4 Å². The van der Waals surface area contributed by atoms with E-state index in [0.717, 1.165) is 50.3 Å².